The fourth-order valence-corrected chi connectivity index (χ4v) is 2.87. The van der Waals surface area contributed by atoms with E-state index in [1.165, 1.54) is 25.3 Å². The Morgan fingerprint density at radius 3 is 2.20 bits per heavy atom. The van der Waals surface area contributed by atoms with Gasteiger partial charge in [-0.1, -0.05) is 12.1 Å². The molecule has 0 spiro atoms. The zero-order chi connectivity index (χ0) is 15.4. The van der Waals surface area contributed by atoms with Crippen molar-refractivity contribution in [3.63, 3.8) is 0 Å². The summed E-state index contributed by atoms with van der Waals surface area (Å²) in [6.45, 7) is 5.33. The van der Waals surface area contributed by atoms with E-state index in [4.69, 9.17) is 0 Å². The Bertz CT molecular complexity index is 595. The van der Waals surface area contributed by atoms with Gasteiger partial charge in [-0.2, -0.15) is 0 Å². The SMILES string of the molecule is COC(=O)C=Cc1ccc(S(=O)(=O)NC(C)(C)C)cc1. The van der Waals surface area contributed by atoms with Crippen LogP contribution in [0.25, 0.3) is 6.08 Å². The topological polar surface area (TPSA) is 72.5 Å². The third kappa shape index (κ3) is 5.14. The molecule has 1 rings (SSSR count). The second-order valence-corrected chi connectivity index (χ2v) is 6.96. The molecule has 1 N–H and O–H groups in total. The Labute approximate surface area is 119 Å². The number of hydrogen-bond acceptors (Lipinski definition) is 4. The van der Waals surface area contributed by atoms with E-state index >= 15 is 0 Å². The van der Waals surface area contributed by atoms with E-state index in [0.717, 1.165) is 0 Å². The second-order valence-electron chi connectivity index (χ2n) is 5.28. The molecule has 0 unspecified atom stereocenters. The van der Waals surface area contributed by atoms with Gasteiger partial charge in [-0.15, -0.1) is 0 Å². The molecular weight excluding hydrogens is 278 g/mol. The molecule has 0 aromatic heterocycles. The predicted molar refractivity (Wildman–Crippen MR) is 77.6 cm³/mol. The Kier molecular flexibility index (Phi) is 5.08. The molecule has 20 heavy (non-hydrogen) atoms. The van der Waals surface area contributed by atoms with Gasteiger partial charge in [0.05, 0.1) is 12.0 Å². The molecule has 0 heterocycles. The van der Waals surface area contributed by atoms with Crippen LogP contribution in [-0.4, -0.2) is 27.0 Å². The van der Waals surface area contributed by atoms with Gasteiger partial charge in [0.15, 0.2) is 0 Å². The Morgan fingerprint density at radius 2 is 1.75 bits per heavy atom. The third-order valence-corrected chi connectivity index (χ3v) is 4.02. The quantitative estimate of drug-likeness (QED) is 0.681. The Morgan fingerprint density at radius 1 is 1.20 bits per heavy atom. The van der Waals surface area contributed by atoms with Crippen molar-refractivity contribution < 1.29 is 17.9 Å². The summed E-state index contributed by atoms with van der Waals surface area (Å²) in [6, 6.07) is 6.23. The average molecular weight is 297 g/mol. The molecule has 0 aliphatic rings. The van der Waals surface area contributed by atoms with Crippen molar-refractivity contribution in [2.75, 3.05) is 7.11 Å². The lowest BCUT2D eigenvalue weighted by Crippen LogP contribution is -2.40. The van der Waals surface area contributed by atoms with Gasteiger partial charge in [-0.05, 0) is 44.5 Å². The van der Waals surface area contributed by atoms with Crippen LogP contribution in [0.4, 0.5) is 0 Å². The lowest BCUT2D eigenvalue weighted by molar-refractivity contribution is -0.134. The molecule has 1 aromatic rings. The van der Waals surface area contributed by atoms with Gasteiger partial charge in [0, 0.05) is 11.6 Å². The molecule has 1 aromatic carbocycles. The van der Waals surface area contributed by atoms with Crippen molar-refractivity contribution in [1.29, 1.82) is 0 Å². The maximum atomic E-state index is 12.1. The minimum absolute atomic E-state index is 0.183. The van der Waals surface area contributed by atoms with Crippen LogP contribution in [0.3, 0.4) is 0 Å². The maximum Gasteiger partial charge on any atom is 0.330 e. The zero-order valence-electron chi connectivity index (χ0n) is 12.0. The highest BCUT2D eigenvalue weighted by molar-refractivity contribution is 7.89. The van der Waals surface area contributed by atoms with Crippen molar-refractivity contribution in [2.24, 2.45) is 0 Å². The first kappa shape index (κ1) is 16.4. The summed E-state index contributed by atoms with van der Waals surface area (Å²) in [4.78, 5) is 11.1. The highest BCUT2D eigenvalue weighted by Crippen LogP contribution is 2.14. The Hall–Kier alpha value is -1.66. The molecular formula is C14H19NO4S. The van der Waals surface area contributed by atoms with E-state index in [0.29, 0.717) is 5.56 Å². The fraction of sp³-hybridized carbons (Fsp3) is 0.357. The molecule has 5 nitrogen and oxygen atoms in total. The van der Waals surface area contributed by atoms with E-state index in [1.54, 1.807) is 39.0 Å². The van der Waals surface area contributed by atoms with Gasteiger partial charge in [-0.3, -0.25) is 0 Å². The monoisotopic (exact) mass is 297 g/mol. The summed E-state index contributed by atoms with van der Waals surface area (Å²) < 4.78 is 31.2. The lowest BCUT2D eigenvalue weighted by atomic mass is 10.1. The molecule has 0 aliphatic carbocycles. The van der Waals surface area contributed by atoms with E-state index in [1.807, 2.05) is 0 Å². The smallest absolute Gasteiger partial charge is 0.330 e. The van der Waals surface area contributed by atoms with E-state index in [-0.39, 0.29) is 4.90 Å². The summed E-state index contributed by atoms with van der Waals surface area (Å²) in [5.41, 5.74) is 0.174. The van der Waals surface area contributed by atoms with Gasteiger partial charge in [-0.25, -0.2) is 17.9 Å². The standard InChI is InChI=1S/C14H19NO4S/c1-14(2,3)15-20(17,18)12-8-5-11(6-9-12)7-10-13(16)19-4/h5-10,15H,1-4H3. The summed E-state index contributed by atoms with van der Waals surface area (Å²) in [5.74, 6) is -0.462. The van der Waals surface area contributed by atoms with Crippen LogP contribution in [0.2, 0.25) is 0 Å². The molecule has 0 amide bonds. The van der Waals surface area contributed by atoms with Crippen LogP contribution in [0.1, 0.15) is 26.3 Å². The summed E-state index contributed by atoms with van der Waals surface area (Å²) in [7, 11) is -2.24. The number of rotatable bonds is 4. The first-order chi connectivity index (χ1) is 9.14. The first-order valence-corrected chi connectivity index (χ1v) is 7.52. The Balaban J connectivity index is 2.92. The van der Waals surface area contributed by atoms with Crippen molar-refractivity contribution in [1.82, 2.24) is 4.72 Å². The molecule has 0 atom stereocenters. The molecule has 0 fully saturated rings. The molecule has 0 aliphatic heterocycles. The van der Waals surface area contributed by atoms with Crippen molar-refractivity contribution in [3.8, 4) is 0 Å². The number of hydrogen-bond donors (Lipinski definition) is 1. The summed E-state index contributed by atoms with van der Waals surface area (Å²) in [6.07, 6.45) is 2.83. The van der Waals surface area contributed by atoms with Crippen LogP contribution < -0.4 is 4.72 Å². The van der Waals surface area contributed by atoms with Gasteiger partial charge in [0.1, 0.15) is 0 Å². The summed E-state index contributed by atoms with van der Waals surface area (Å²) in [5, 5.41) is 0. The van der Waals surface area contributed by atoms with Crippen LogP contribution in [-0.2, 0) is 19.6 Å². The molecule has 0 saturated heterocycles. The normalized spacial score (nSPS) is 12.6. The van der Waals surface area contributed by atoms with Gasteiger partial charge in [0.25, 0.3) is 0 Å². The third-order valence-electron chi connectivity index (χ3n) is 2.24. The van der Waals surface area contributed by atoms with Crippen LogP contribution in [0, 0.1) is 0 Å². The van der Waals surface area contributed by atoms with E-state index in [2.05, 4.69) is 9.46 Å². The second kappa shape index (κ2) is 6.19. The highest BCUT2D eigenvalue weighted by atomic mass is 32.2. The molecule has 6 heteroatoms. The van der Waals surface area contributed by atoms with E-state index < -0.39 is 21.5 Å². The minimum atomic E-state index is -3.54. The molecule has 0 radical (unpaired) electrons. The average Bonchev–Trinajstić information content (AvgIpc) is 2.33. The van der Waals surface area contributed by atoms with Crippen molar-refractivity contribution in [2.45, 2.75) is 31.2 Å². The molecule has 0 saturated carbocycles. The minimum Gasteiger partial charge on any atom is -0.466 e. The molecule has 0 bridgehead atoms. The number of carbonyl (C=O) groups is 1. The van der Waals surface area contributed by atoms with Gasteiger partial charge in [0.2, 0.25) is 10.0 Å². The number of esters is 1. The van der Waals surface area contributed by atoms with Crippen LogP contribution in [0.15, 0.2) is 35.2 Å². The lowest BCUT2D eigenvalue weighted by Gasteiger charge is -2.20. The highest BCUT2D eigenvalue weighted by Gasteiger charge is 2.21. The van der Waals surface area contributed by atoms with Crippen LogP contribution in [0.5, 0.6) is 0 Å². The van der Waals surface area contributed by atoms with Gasteiger partial charge < -0.3 is 4.74 Å². The number of methoxy groups -OCH3 is 1. The van der Waals surface area contributed by atoms with E-state index in [9.17, 15) is 13.2 Å². The number of nitrogens with one attached hydrogen (secondary N) is 1. The predicted octanol–water partition coefficient (Wildman–Crippen LogP) is 1.95. The zero-order valence-corrected chi connectivity index (χ0v) is 12.8. The van der Waals surface area contributed by atoms with Crippen molar-refractivity contribution >= 4 is 22.1 Å². The fourth-order valence-electron chi connectivity index (χ4n) is 1.45. The van der Waals surface area contributed by atoms with Gasteiger partial charge >= 0.3 is 5.97 Å². The molecule has 110 valence electrons. The van der Waals surface area contributed by atoms with Crippen molar-refractivity contribution in [3.05, 3.63) is 35.9 Å². The maximum absolute atomic E-state index is 12.1. The number of sulfonamides is 1. The first-order valence-electron chi connectivity index (χ1n) is 6.04. The number of carbonyl (C=O) groups excluding carboxylic acids is 1. The number of benzene rings is 1. The largest absolute Gasteiger partial charge is 0.466 e. The number of ether oxygens (including phenoxy) is 1. The van der Waals surface area contributed by atoms with Crippen LogP contribution >= 0.6 is 0 Å². The summed E-state index contributed by atoms with van der Waals surface area (Å²) >= 11 is 0.